The van der Waals surface area contributed by atoms with E-state index in [9.17, 15) is 9.18 Å². The van der Waals surface area contributed by atoms with Crippen molar-refractivity contribution in [2.24, 2.45) is 0 Å². The number of rotatable bonds is 2. The summed E-state index contributed by atoms with van der Waals surface area (Å²) in [7, 11) is 0. The number of hydrogen-bond donors (Lipinski definition) is 2. The summed E-state index contributed by atoms with van der Waals surface area (Å²) in [5, 5.41) is 5.81. The topological polar surface area (TPSA) is 61.7 Å². The number of imidazole rings is 1. The van der Waals surface area contributed by atoms with Gasteiger partial charge in [0.15, 0.2) is 0 Å². The van der Waals surface area contributed by atoms with E-state index in [-0.39, 0.29) is 19.1 Å². The number of halogens is 1. The molecule has 1 saturated heterocycles. The minimum absolute atomic E-state index is 0.0942. The van der Waals surface area contributed by atoms with Crippen LogP contribution in [0.25, 0.3) is 5.65 Å². The van der Waals surface area contributed by atoms with Crippen LogP contribution in [0.3, 0.4) is 0 Å². The third kappa shape index (κ3) is 3.36. The first-order chi connectivity index (χ1) is 10.5. The van der Waals surface area contributed by atoms with Gasteiger partial charge in [-0.15, -0.1) is 0 Å². The molecule has 0 radical (unpaired) electrons. The molecule has 2 aromatic heterocycles. The molecule has 1 aliphatic rings. The summed E-state index contributed by atoms with van der Waals surface area (Å²) in [5.74, 6) is 0. The molecule has 2 amide bonds. The molecule has 7 heteroatoms. The fourth-order valence-electron chi connectivity index (χ4n) is 2.62. The highest BCUT2D eigenvalue weighted by Gasteiger charge is 2.30. The Morgan fingerprint density at radius 2 is 2.41 bits per heavy atom. The van der Waals surface area contributed by atoms with Crippen LogP contribution in [0.15, 0.2) is 30.6 Å². The van der Waals surface area contributed by atoms with Crippen LogP contribution in [0.4, 0.5) is 9.18 Å². The van der Waals surface area contributed by atoms with Gasteiger partial charge in [-0.2, -0.15) is 0 Å². The van der Waals surface area contributed by atoms with Gasteiger partial charge in [-0.1, -0.05) is 6.07 Å². The van der Waals surface area contributed by atoms with E-state index in [0.717, 1.165) is 11.3 Å². The molecule has 1 unspecified atom stereocenters. The minimum Gasteiger partial charge on any atom is -0.332 e. The lowest BCUT2D eigenvalue weighted by atomic mass is 10.1. The third-order valence-electron chi connectivity index (χ3n) is 3.69. The molecule has 1 atom stereocenters. The lowest BCUT2D eigenvalue weighted by Gasteiger charge is -2.26. The Kier molecular flexibility index (Phi) is 3.98. The molecule has 0 spiro atoms. The zero-order valence-electron chi connectivity index (χ0n) is 12.6. The van der Waals surface area contributed by atoms with Gasteiger partial charge in [0, 0.05) is 32.0 Å². The van der Waals surface area contributed by atoms with E-state index in [1.54, 1.807) is 0 Å². The molecule has 6 nitrogen and oxygen atoms in total. The second-order valence-corrected chi connectivity index (χ2v) is 5.87. The van der Waals surface area contributed by atoms with E-state index in [1.807, 2.05) is 35.0 Å². The number of nitrogens with one attached hydrogen (secondary N) is 2. The van der Waals surface area contributed by atoms with Crippen molar-refractivity contribution in [1.82, 2.24) is 24.9 Å². The summed E-state index contributed by atoms with van der Waals surface area (Å²) in [6, 6.07) is 5.48. The summed E-state index contributed by atoms with van der Waals surface area (Å²) in [6.07, 6.45) is 3.78. The number of carbonyl (C=O) groups excluding carboxylic acids is 1. The summed E-state index contributed by atoms with van der Waals surface area (Å²) in [4.78, 5) is 18.1. The van der Waals surface area contributed by atoms with Crippen molar-refractivity contribution >= 4 is 11.7 Å². The van der Waals surface area contributed by atoms with Crippen LogP contribution >= 0.6 is 0 Å². The van der Waals surface area contributed by atoms with E-state index >= 15 is 0 Å². The molecule has 2 N–H and O–H groups in total. The van der Waals surface area contributed by atoms with Crippen molar-refractivity contribution in [3.05, 3.63) is 36.3 Å². The van der Waals surface area contributed by atoms with Gasteiger partial charge < -0.3 is 19.9 Å². The van der Waals surface area contributed by atoms with Crippen molar-refractivity contribution in [3.63, 3.8) is 0 Å². The number of alkyl halides is 1. The van der Waals surface area contributed by atoms with Crippen molar-refractivity contribution in [2.75, 3.05) is 26.2 Å². The first-order valence-electron chi connectivity index (χ1n) is 7.39. The van der Waals surface area contributed by atoms with Crippen molar-refractivity contribution in [2.45, 2.75) is 19.1 Å². The number of carbonyl (C=O) groups is 1. The van der Waals surface area contributed by atoms with Gasteiger partial charge in [0.05, 0.1) is 18.8 Å². The first kappa shape index (κ1) is 14.8. The monoisotopic (exact) mass is 305 g/mol. The fraction of sp³-hybridized carbons (Fsp3) is 0.467. The molecule has 0 aliphatic carbocycles. The van der Waals surface area contributed by atoms with Crippen LogP contribution in [0.1, 0.15) is 12.6 Å². The molecule has 118 valence electrons. The fourth-order valence-corrected chi connectivity index (χ4v) is 2.62. The second kappa shape index (κ2) is 5.92. The zero-order chi connectivity index (χ0) is 15.6. The van der Waals surface area contributed by atoms with E-state index in [0.29, 0.717) is 19.6 Å². The second-order valence-electron chi connectivity index (χ2n) is 5.87. The number of nitrogens with zero attached hydrogens (tertiary/aromatic N) is 3. The van der Waals surface area contributed by atoms with Gasteiger partial charge in [-0.3, -0.25) is 0 Å². The van der Waals surface area contributed by atoms with Gasteiger partial charge in [-0.25, -0.2) is 14.2 Å². The Hall–Kier alpha value is -2.15. The van der Waals surface area contributed by atoms with E-state index < -0.39 is 5.67 Å². The predicted molar refractivity (Wildman–Crippen MR) is 81.4 cm³/mol. The number of hydrogen-bond acceptors (Lipinski definition) is 3. The van der Waals surface area contributed by atoms with Gasteiger partial charge in [0.25, 0.3) is 0 Å². The van der Waals surface area contributed by atoms with Crippen LogP contribution in [0.2, 0.25) is 0 Å². The Balaban J connectivity index is 1.61. The van der Waals surface area contributed by atoms with Gasteiger partial charge >= 0.3 is 6.03 Å². The van der Waals surface area contributed by atoms with E-state index in [1.165, 1.54) is 11.8 Å². The molecule has 2 aromatic rings. The number of pyridine rings is 1. The molecule has 0 aromatic carbocycles. The molecule has 22 heavy (non-hydrogen) atoms. The molecule has 1 fully saturated rings. The maximum absolute atomic E-state index is 14.1. The van der Waals surface area contributed by atoms with E-state index in [2.05, 4.69) is 15.6 Å². The Morgan fingerprint density at radius 1 is 1.55 bits per heavy atom. The highest BCUT2D eigenvalue weighted by atomic mass is 19.1. The van der Waals surface area contributed by atoms with Crippen molar-refractivity contribution in [3.8, 4) is 0 Å². The first-order valence-corrected chi connectivity index (χ1v) is 7.39. The Morgan fingerprint density at radius 3 is 3.23 bits per heavy atom. The number of urea groups is 1. The predicted octanol–water partition coefficient (Wildman–Crippen LogP) is 1.18. The normalized spacial score (nSPS) is 22.5. The standard InChI is InChI=1S/C15H20FN5O/c1-15(16)10-17-5-7-21(11-15)14(22)18-8-12-9-20-6-3-2-4-13(20)19-12/h2-4,6,9,17H,5,7-8,10-11H2,1H3,(H,18,22). The molecular formula is C15H20FN5O. The van der Waals surface area contributed by atoms with E-state index in [4.69, 9.17) is 0 Å². The molecular weight excluding hydrogens is 285 g/mol. The van der Waals surface area contributed by atoms with Crippen LogP contribution in [-0.4, -0.2) is 52.2 Å². The summed E-state index contributed by atoms with van der Waals surface area (Å²) < 4.78 is 16.0. The minimum atomic E-state index is -1.41. The van der Waals surface area contributed by atoms with Crippen LogP contribution in [0.5, 0.6) is 0 Å². The lowest BCUT2D eigenvalue weighted by molar-refractivity contribution is 0.135. The van der Waals surface area contributed by atoms with Crippen molar-refractivity contribution < 1.29 is 9.18 Å². The molecule has 0 saturated carbocycles. The molecule has 0 bridgehead atoms. The Bertz CT molecular complexity index is 636. The van der Waals surface area contributed by atoms with Gasteiger partial charge in [-0.05, 0) is 19.1 Å². The average molecular weight is 305 g/mol. The maximum atomic E-state index is 14.1. The smallest absolute Gasteiger partial charge is 0.317 e. The summed E-state index contributed by atoms with van der Waals surface area (Å²) in [5.41, 5.74) is 0.203. The highest BCUT2D eigenvalue weighted by molar-refractivity contribution is 5.74. The quantitative estimate of drug-likeness (QED) is 0.876. The molecule has 3 rings (SSSR count). The third-order valence-corrected chi connectivity index (χ3v) is 3.69. The SMILES string of the molecule is CC1(F)CNCCN(C(=O)NCc2cn3ccccc3n2)C1. The van der Waals surface area contributed by atoms with Gasteiger partial charge in [0.2, 0.25) is 0 Å². The van der Waals surface area contributed by atoms with Crippen LogP contribution in [0, 0.1) is 0 Å². The largest absolute Gasteiger partial charge is 0.332 e. The number of amides is 2. The summed E-state index contributed by atoms with van der Waals surface area (Å²) in [6.45, 7) is 3.29. The zero-order valence-corrected chi connectivity index (χ0v) is 12.6. The molecule has 1 aliphatic heterocycles. The summed E-state index contributed by atoms with van der Waals surface area (Å²) >= 11 is 0. The van der Waals surface area contributed by atoms with Crippen LogP contribution in [-0.2, 0) is 6.54 Å². The highest BCUT2D eigenvalue weighted by Crippen LogP contribution is 2.13. The van der Waals surface area contributed by atoms with Crippen molar-refractivity contribution in [1.29, 1.82) is 0 Å². The van der Waals surface area contributed by atoms with Crippen LogP contribution < -0.4 is 10.6 Å². The average Bonchev–Trinajstić information content (AvgIpc) is 2.81. The lowest BCUT2D eigenvalue weighted by Crippen LogP contribution is -2.46. The number of aromatic nitrogens is 2. The maximum Gasteiger partial charge on any atom is 0.317 e. The van der Waals surface area contributed by atoms with Gasteiger partial charge in [0.1, 0.15) is 11.3 Å². The number of fused-ring (bicyclic) bond motifs is 1. The Labute approximate surface area is 128 Å². The molecule has 3 heterocycles.